The molecular formula is C7H8N6O3. The summed E-state index contributed by atoms with van der Waals surface area (Å²) in [4.78, 5) is 22.6. The van der Waals surface area contributed by atoms with Crippen LogP contribution in [0.2, 0.25) is 0 Å². The number of ether oxygens (including phenoxy) is 1. The van der Waals surface area contributed by atoms with Gasteiger partial charge in [-0.2, -0.15) is 0 Å². The van der Waals surface area contributed by atoms with Gasteiger partial charge in [-0.3, -0.25) is 9.59 Å². The lowest BCUT2D eigenvalue weighted by molar-refractivity contribution is -0.143. The number of carbonyl (C=O) groups excluding carboxylic acids is 1. The Balaban J connectivity index is 2.38. The summed E-state index contributed by atoms with van der Waals surface area (Å²) in [6.07, 6.45) is 0. The van der Waals surface area contributed by atoms with E-state index in [-0.39, 0.29) is 24.3 Å². The number of nitrogens with one attached hydrogen (secondary N) is 1. The number of aromatic nitrogens is 6. The number of H-pyrrole nitrogens is 1. The first-order chi connectivity index (χ1) is 7.72. The Morgan fingerprint density at radius 3 is 3.06 bits per heavy atom. The van der Waals surface area contributed by atoms with Crippen LogP contribution in [0.1, 0.15) is 6.92 Å². The van der Waals surface area contributed by atoms with Crippen molar-refractivity contribution in [3.05, 3.63) is 10.4 Å². The lowest BCUT2D eigenvalue weighted by Gasteiger charge is -2.00. The second kappa shape index (κ2) is 4.04. The molecule has 2 heterocycles. The average Bonchev–Trinajstić information content (AvgIpc) is 2.63. The summed E-state index contributed by atoms with van der Waals surface area (Å²) in [5.74, 6) is -0.495. The maximum absolute atomic E-state index is 11.4. The quantitative estimate of drug-likeness (QED) is 0.629. The molecule has 0 radical (unpaired) electrons. The molecule has 2 rings (SSSR count). The third-order valence-corrected chi connectivity index (χ3v) is 1.81. The van der Waals surface area contributed by atoms with Gasteiger partial charge in [-0.25, -0.2) is 9.78 Å². The molecule has 0 bridgehead atoms. The SMILES string of the molecule is CCOC(=O)Cn1nnc2nn[nH]c(=O)c21. The number of hydrogen-bond donors (Lipinski definition) is 1. The lowest BCUT2D eigenvalue weighted by atomic mass is 10.5. The highest BCUT2D eigenvalue weighted by molar-refractivity contribution is 5.73. The van der Waals surface area contributed by atoms with Crippen LogP contribution in [0.3, 0.4) is 0 Å². The van der Waals surface area contributed by atoms with E-state index >= 15 is 0 Å². The molecule has 9 heteroatoms. The van der Waals surface area contributed by atoms with Crippen molar-refractivity contribution in [3.8, 4) is 0 Å². The third kappa shape index (κ3) is 1.74. The monoisotopic (exact) mass is 224 g/mol. The van der Waals surface area contributed by atoms with Gasteiger partial charge in [-0.1, -0.05) is 10.4 Å². The minimum Gasteiger partial charge on any atom is -0.465 e. The molecule has 1 N–H and O–H groups in total. The van der Waals surface area contributed by atoms with Gasteiger partial charge in [-0.15, -0.1) is 10.2 Å². The Hall–Kier alpha value is -2.32. The molecule has 0 amide bonds. The van der Waals surface area contributed by atoms with Crippen LogP contribution >= 0.6 is 0 Å². The van der Waals surface area contributed by atoms with E-state index in [1.54, 1.807) is 6.92 Å². The third-order valence-electron chi connectivity index (χ3n) is 1.81. The van der Waals surface area contributed by atoms with Crippen LogP contribution in [0.5, 0.6) is 0 Å². The number of aromatic amines is 1. The largest absolute Gasteiger partial charge is 0.465 e. The molecule has 16 heavy (non-hydrogen) atoms. The molecule has 9 nitrogen and oxygen atoms in total. The zero-order valence-corrected chi connectivity index (χ0v) is 8.38. The van der Waals surface area contributed by atoms with Crippen LogP contribution in [0.4, 0.5) is 0 Å². The van der Waals surface area contributed by atoms with Gasteiger partial charge in [0.15, 0.2) is 5.52 Å². The van der Waals surface area contributed by atoms with Gasteiger partial charge in [0, 0.05) is 0 Å². The van der Waals surface area contributed by atoms with Crippen molar-refractivity contribution in [2.45, 2.75) is 13.5 Å². The van der Waals surface area contributed by atoms with Crippen molar-refractivity contribution in [1.29, 1.82) is 0 Å². The van der Waals surface area contributed by atoms with Crippen LogP contribution in [0, 0.1) is 0 Å². The minimum absolute atomic E-state index is 0.0908. The maximum Gasteiger partial charge on any atom is 0.327 e. The number of carbonyl (C=O) groups is 1. The Morgan fingerprint density at radius 2 is 2.31 bits per heavy atom. The maximum atomic E-state index is 11.4. The second-order valence-electron chi connectivity index (χ2n) is 2.87. The van der Waals surface area contributed by atoms with Gasteiger partial charge in [0.1, 0.15) is 6.54 Å². The van der Waals surface area contributed by atoms with Gasteiger partial charge in [-0.05, 0) is 6.92 Å². The first-order valence-electron chi connectivity index (χ1n) is 4.52. The fraction of sp³-hybridized carbons (Fsp3) is 0.429. The van der Waals surface area contributed by atoms with E-state index in [1.165, 1.54) is 0 Å². The first kappa shape index (κ1) is 10.2. The van der Waals surface area contributed by atoms with Crippen molar-refractivity contribution >= 4 is 17.1 Å². The van der Waals surface area contributed by atoms with E-state index in [4.69, 9.17) is 4.74 Å². The summed E-state index contributed by atoms with van der Waals surface area (Å²) in [7, 11) is 0. The zero-order valence-electron chi connectivity index (χ0n) is 8.38. The molecule has 0 spiro atoms. The van der Waals surface area contributed by atoms with Gasteiger partial charge in [0.05, 0.1) is 6.61 Å². The normalized spacial score (nSPS) is 10.6. The van der Waals surface area contributed by atoms with E-state index in [1.807, 2.05) is 0 Å². The van der Waals surface area contributed by atoms with Crippen LogP contribution in [0.15, 0.2) is 4.79 Å². The molecule has 0 unspecified atom stereocenters. The molecule has 2 aromatic rings. The number of esters is 1. The summed E-state index contributed by atoms with van der Waals surface area (Å²) >= 11 is 0. The van der Waals surface area contributed by atoms with Crippen molar-refractivity contribution in [1.82, 2.24) is 30.4 Å². The lowest BCUT2D eigenvalue weighted by Crippen LogP contribution is -2.19. The summed E-state index contributed by atoms with van der Waals surface area (Å²) in [5, 5.41) is 16.2. The smallest absolute Gasteiger partial charge is 0.327 e. The van der Waals surface area contributed by atoms with Crippen molar-refractivity contribution in [2.75, 3.05) is 6.61 Å². The van der Waals surface area contributed by atoms with E-state index in [2.05, 4.69) is 25.7 Å². The average molecular weight is 224 g/mol. The van der Waals surface area contributed by atoms with Gasteiger partial charge < -0.3 is 4.74 Å². The van der Waals surface area contributed by atoms with E-state index < -0.39 is 11.5 Å². The Labute approximate surface area is 88.4 Å². The first-order valence-corrected chi connectivity index (χ1v) is 4.52. The molecule has 0 saturated carbocycles. The topological polar surface area (TPSA) is 116 Å². The van der Waals surface area contributed by atoms with Gasteiger partial charge in [0.25, 0.3) is 5.56 Å². The number of rotatable bonds is 3. The summed E-state index contributed by atoms with van der Waals surface area (Å²) in [6, 6.07) is 0. The van der Waals surface area contributed by atoms with E-state index in [0.29, 0.717) is 0 Å². The zero-order chi connectivity index (χ0) is 11.5. The molecule has 0 atom stereocenters. The van der Waals surface area contributed by atoms with E-state index in [9.17, 15) is 9.59 Å². The van der Waals surface area contributed by atoms with Crippen LogP contribution in [-0.4, -0.2) is 43.0 Å². The molecular weight excluding hydrogens is 216 g/mol. The van der Waals surface area contributed by atoms with Crippen LogP contribution < -0.4 is 5.56 Å². The summed E-state index contributed by atoms with van der Waals surface area (Å²) < 4.78 is 5.85. The number of fused-ring (bicyclic) bond motifs is 1. The Kier molecular flexibility index (Phi) is 2.58. The van der Waals surface area contributed by atoms with Gasteiger partial charge >= 0.3 is 5.97 Å². The molecule has 0 aliphatic heterocycles. The fourth-order valence-corrected chi connectivity index (χ4v) is 1.20. The highest BCUT2D eigenvalue weighted by atomic mass is 16.5. The molecule has 0 aromatic carbocycles. The van der Waals surface area contributed by atoms with E-state index in [0.717, 1.165) is 4.68 Å². The van der Waals surface area contributed by atoms with Crippen LogP contribution in [-0.2, 0) is 16.1 Å². The molecule has 0 fully saturated rings. The highest BCUT2D eigenvalue weighted by Crippen LogP contribution is 1.99. The standard InChI is InChI=1S/C7H8N6O3/c1-2-16-4(14)3-13-5-6(9-12-13)8-11-10-7(5)15/h2-3H2,1H3,(H,8,10,15). The summed E-state index contributed by atoms with van der Waals surface area (Å²) in [5.41, 5.74) is -0.310. The van der Waals surface area contributed by atoms with Crippen LogP contribution in [0.25, 0.3) is 11.2 Å². The number of hydrogen-bond acceptors (Lipinski definition) is 7. The fourth-order valence-electron chi connectivity index (χ4n) is 1.20. The summed E-state index contributed by atoms with van der Waals surface area (Å²) in [6.45, 7) is 1.77. The molecule has 84 valence electrons. The molecule has 0 aliphatic rings. The molecule has 0 aliphatic carbocycles. The number of nitrogens with zero attached hydrogens (tertiary/aromatic N) is 5. The van der Waals surface area contributed by atoms with Crippen molar-refractivity contribution < 1.29 is 9.53 Å². The van der Waals surface area contributed by atoms with Crippen molar-refractivity contribution in [2.24, 2.45) is 0 Å². The predicted molar refractivity (Wildman–Crippen MR) is 50.4 cm³/mol. The Morgan fingerprint density at radius 1 is 1.50 bits per heavy atom. The highest BCUT2D eigenvalue weighted by Gasteiger charge is 2.13. The minimum atomic E-state index is -0.501. The van der Waals surface area contributed by atoms with Gasteiger partial charge in [0.2, 0.25) is 5.65 Å². The molecule has 2 aromatic heterocycles. The van der Waals surface area contributed by atoms with Crippen molar-refractivity contribution in [3.63, 3.8) is 0 Å². The second-order valence-corrected chi connectivity index (χ2v) is 2.87. The Bertz CT molecular complexity index is 573. The predicted octanol–water partition coefficient (Wildman–Crippen LogP) is -1.53. The molecule has 0 saturated heterocycles.